The van der Waals surface area contributed by atoms with Crippen molar-refractivity contribution in [3.05, 3.63) is 71.2 Å². The van der Waals surface area contributed by atoms with Gasteiger partial charge >= 0.3 is 0 Å². The molecule has 1 amide bonds. The highest BCUT2D eigenvalue weighted by atomic mass is 35.5. The summed E-state index contributed by atoms with van der Waals surface area (Å²) in [5.41, 5.74) is 1.96. The maximum Gasteiger partial charge on any atom is 0.258 e. The van der Waals surface area contributed by atoms with Crippen LogP contribution in [0.4, 0.5) is 5.95 Å². The van der Waals surface area contributed by atoms with E-state index in [-0.39, 0.29) is 11.0 Å². The molecule has 4 rings (SSSR count). The van der Waals surface area contributed by atoms with Gasteiger partial charge < -0.3 is 4.57 Å². The first-order chi connectivity index (χ1) is 14.7. The number of aryl methyl sites for hydroxylation is 1. The number of nitrogens with zero attached hydrogens (tertiary/aromatic N) is 4. The van der Waals surface area contributed by atoms with Crippen LogP contribution in [0.5, 0.6) is 0 Å². The normalized spacial score (nSPS) is 13.0. The quantitative estimate of drug-likeness (QED) is 0.576. The third kappa shape index (κ3) is 3.39. The number of carbonyl (C=O) groups is 1. The Balaban J connectivity index is 1.71. The highest BCUT2D eigenvalue weighted by molar-refractivity contribution is 6.30. The molecule has 0 radical (unpaired) electrons. The number of carbonyl (C=O) groups excluding carboxylic acids is 1. The van der Waals surface area contributed by atoms with Crippen molar-refractivity contribution in [1.29, 1.82) is 0 Å². The summed E-state index contributed by atoms with van der Waals surface area (Å²) in [4.78, 5) is 25.5. The summed E-state index contributed by atoms with van der Waals surface area (Å²) in [6.45, 7) is 1.91. The van der Waals surface area contributed by atoms with E-state index in [2.05, 4.69) is 20.3 Å². The fraction of sp³-hybridized carbons (Fsp3) is 0.100. The number of benzene rings is 2. The molecule has 0 spiro atoms. The van der Waals surface area contributed by atoms with Gasteiger partial charge in [0.1, 0.15) is 5.82 Å². The van der Waals surface area contributed by atoms with Gasteiger partial charge in [-0.15, -0.1) is 0 Å². The van der Waals surface area contributed by atoms with E-state index in [1.165, 1.54) is 0 Å². The predicted molar refractivity (Wildman–Crippen MR) is 106 cm³/mol. The Morgan fingerprint density at radius 1 is 1.19 bits per heavy atom. The van der Waals surface area contributed by atoms with Crippen LogP contribution in [0.3, 0.4) is 0 Å². The van der Waals surface area contributed by atoms with Crippen molar-refractivity contribution in [2.45, 2.75) is 6.92 Å². The van der Waals surface area contributed by atoms with Crippen molar-refractivity contribution < 1.29 is 10.3 Å². The summed E-state index contributed by atoms with van der Waals surface area (Å²) >= 11 is 5.79. The van der Waals surface area contributed by atoms with Gasteiger partial charge in [0.25, 0.3) is 5.91 Å². The third-order valence-electron chi connectivity index (χ3n) is 4.15. The van der Waals surface area contributed by atoms with Crippen molar-refractivity contribution in [3.63, 3.8) is 0 Å². The van der Waals surface area contributed by atoms with Crippen LogP contribution in [0, 0.1) is 6.92 Å². The van der Waals surface area contributed by atoms with Crippen LogP contribution in [0.15, 0.2) is 54.8 Å². The molecule has 0 saturated carbocycles. The molecule has 134 valence electrons. The van der Waals surface area contributed by atoms with Crippen LogP contribution in [0.1, 0.15) is 21.7 Å². The number of anilines is 1. The Morgan fingerprint density at radius 2 is 1.96 bits per heavy atom. The molecular formula is C20H16ClN5O. The standard InChI is InChI=1S/C20H16ClN5O/c1-12-22-11-18(26(12)2)14-3-4-15-10-23-20(24-17(15)9-14)25-19(27)13-5-7-16(21)8-6-13/h3-11H,1-2H3,(H,23,24,25,27)/i5D,6D,7D,8D. The van der Waals surface area contributed by atoms with Crippen LogP contribution in [0.2, 0.25) is 5.02 Å². The van der Waals surface area contributed by atoms with E-state index in [1.807, 2.05) is 36.7 Å². The molecule has 0 aliphatic carbocycles. The number of fused-ring (bicyclic) bond motifs is 1. The summed E-state index contributed by atoms with van der Waals surface area (Å²) in [6, 6.07) is 3.61. The lowest BCUT2D eigenvalue weighted by molar-refractivity contribution is 0.102. The monoisotopic (exact) mass is 381 g/mol. The van der Waals surface area contributed by atoms with Gasteiger partial charge in [-0.25, -0.2) is 15.0 Å². The number of aromatic nitrogens is 4. The molecule has 0 aliphatic rings. The second-order valence-electron chi connectivity index (χ2n) is 5.86. The van der Waals surface area contributed by atoms with Gasteiger partial charge in [-0.2, -0.15) is 0 Å². The second kappa shape index (κ2) is 6.81. The van der Waals surface area contributed by atoms with Gasteiger partial charge in [0.05, 0.1) is 22.9 Å². The number of halogens is 1. The van der Waals surface area contributed by atoms with Gasteiger partial charge in [-0.3, -0.25) is 10.1 Å². The topological polar surface area (TPSA) is 72.7 Å². The minimum atomic E-state index is -0.855. The van der Waals surface area contributed by atoms with Gasteiger partial charge in [0.15, 0.2) is 0 Å². The van der Waals surface area contributed by atoms with Gasteiger partial charge in [-0.1, -0.05) is 23.7 Å². The minimum Gasteiger partial charge on any atom is -0.331 e. The molecule has 27 heavy (non-hydrogen) atoms. The fourth-order valence-corrected chi connectivity index (χ4v) is 2.68. The molecule has 2 heterocycles. The second-order valence-corrected chi connectivity index (χ2v) is 6.24. The lowest BCUT2D eigenvalue weighted by Gasteiger charge is -2.07. The largest absolute Gasteiger partial charge is 0.331 e. The highest BCUT2D eigenvalue weighted by Crippen LogP contribution is 2.24. The molecule has 7 heteroatoms. The smallest absolute Gasteiger partial charge is 0.258 e. The molecule has 0 saturated heterocycles. The lowest BCUT2D eigenvalue weighted by atomic mass is 10.1. The fourth-order valence-electron chi connectivity index (χ4n) is 2.59. The van der Waals surface area contributed by atoms with Crippen LogP contribution in [0.25, 0.3) is 22.2 Å². The molecule has 1 N–H and O–H groups in total. The molecule has 6 nitrogen and oxygen atoms in total. The first kappa shape index (κ1) is 13.0. The average Bonchev–Trinajstić information content (AvgIpc) is 3.09. The highest BCUT2D eigenvalue weighted by Gasteiger charge is 2.10. The van der Waals surface area contributed by atoms with Crippen molar-refractivity contribution in [2.75, 3.05) is 5.32 Å². The van der Waals surface area contributed by atoms with Gasteiger partial charge in [-0.05, 0) is 37.2 Å². The molecule has 0 atom stereocenters. The van der Waals surface area contributed by atoms with E-state index in [1.54, 1.807) is 12.4 Å². The van der Waals surface area contributed by atoms with E-state index in [0.717, 1.165) is 22.5 Å². The first-order valence-electron chi connectivity index (χ1n) is 10.0. The first-order valence-corrected chi connectivity index (χ1v) is 8.39. The summed E-state index contributed by atoms with van der Waals surface area (Å²) in [5, 5.41) is 2.87. The molecule has 0 aliphatic heterocycles. The van der Waals surface area contributed by atoms with E-state index >= 15 is 0 Å². The zero-order valence-electron chi connectivity index (χ0n) is 18.5. The number of imidazole rings is 1. The number of nitrogens with one attached hydrogen (secondary N) is 1. The van der Waals surface area contributed by atoms with Crippen molar-refractivity contribution in [1.82, 2.24) is 19.5 Å². The maximum absolute atomic E-state index is 12.7. The van der Waals surface area contributed by atoms with E-state index in [9.17, 15) is 4.79 Å². The van der Waals surface area contributed by atoms with Crippen LogP contribution < -0.4 is 5.32 Å². The maximum atomic E-state index is 12.7. The van der Waals surface area contributed by atoms with Crippen LogP contribution >= 0.6 is 11.6 Å². The SMILES string of the molecule is [2H]c1c([2H])c(C(=O)Nc2ncc3ccc(-c4cnc(C)n4C)cc3n2)c([2H])c([2H])c1Cl. The Hall–Kier alpha value is -3.25. The summed E-state index contributed by atoms with van der Waals surface area (Å²) < 4.78 is 33.4. The average molecular weight is 382 g/mol. The van der Waals surface area contributed by atoms with E-state index < -0.39 is 35.6 Å². The minimum absolute atomic E-state index is 0.0253. The van der Waals surface area contributed by atoms with Crippen molar-refractivity contribution in [2.24, 2.45) is 7.05 Å². The van der Waals surface area contributed by atoms with Gasteiger partial charge in [0.2, 0.25) is 5.95 Å². The van der Waals surface area contributed by atoms with Crippen LogP contribution in [-0.2, 0) is 7.05 Å². The zero-order valence-corrected chi connectivity index (χ0v) is 15.2. The van der Waals surface area contributed by atoms with E-state index in [0.29, 0.717) is 5.52 Å². The number of amides is 1. The van der Waals surface area contributed by atoms with Crippen molar-refractivity contribution >= 4 is 34.4 Å². The van der Waals surface area contributed by atoms with Crippen LogP contribution in [-0.4, -0.2) is 25.4 Å². The van der Waals surface area contributed by atoms with Crippen molar-refractivity contribution in [3.8, 4) is 11.3 Å². The molecule has 4 aromatic rings. The number of hydrogen-bond donors (Lipinski definition) is 1. The van der Waals surface area contributed by atoms with E-state index in [4.69, 9.17) is 17.1 Å². The number of rotatable bonds is 3. The molecule has 2 aromatic carbocycles. The Morgan fingerprint density at radius 3 is 2.67 bits per heavy atom. The zero-order chi connectivity index (χ0) is 22.4. The lowest BCUT2D eigenvalue weighted by Crippen LogP contribution is -2.14. The summed E-state index contributed by atoms with van der Waals surface area (Å²) in [5.74, 6) is -0.0114. The predicted octanol–water partition coefficient (Wildman–Crippen LogP) is 4.24. The molecule has 0 fully saturated rings. The Bertz CT molecular complexity index is 1340. The molecule has 0 unspecified atom stereocenters. The summed E-state index contributed by atoms with van der Waals surface area (Å²) in [6.07, 6.45) is 3.32. The molecule has 0 bridgehead atoms. The molecular weight excluding hydrogens is 362 g/mol. The van der Waals surface area contributed by atoms with Gasteiger partial charge in [0, 0.05) is 34.8 Å². The number of hydrogen-bond acceptors (Lipinski definition) is 4. The third-order valence-corrected chi connectivity index (χ3v) is 4.33. The Labute approximate surface area is 166 Å². The Kier molecular flexibility index (Phi) is 3.28. The molecule has 2 aromatic heterocycles. The summed E-state index contributed by atoms with van der Waals surface area (Å²) in [7, 11) is 1.91.